The Kier molecular flexibility index (Phi) is 10.8. The van der Waals surface area contributed by atoms with Crippen LogP contribution in [0.25, 0.3) is 11.0 Å². The molecular weight excluding hydrogens is 498 g/mol. The summed E-state index contributed by atoms with van der Waals surface area (Å²) in [6.45, 7) is 7.07. The van der Waals surface area contributed by atoms with E-state index < -0.39 is 0 Å². The molecule has 194 valence electrons. The van der Waals surface area contributed by atoms with Crippen LogP contribution in [0, 0.1) is 11.3 Å². The van der Waals surface area contributed by atoms with Crippen molar-refractivity contribution >= 4 is 52.9 Å². The lowest BCUT2D eigenvalue weighted by molar-refractivity contribution is -0.143. The van der Waals surface area contributed by atoms with Crippen molar-refractivity contribution in [1.82, 2.24) is 14.5 Å². The monoisotopic (exact) mass is 531 g/mol. The fraction of sp³-hybridized carbons (Fsp3) is 0.385. The number of carbonyl (C=O) groups excluding carboxylic acids is 2. The molecule has 3 aromatic rings. The van der Waals surface area contributed by atoms with E-state index in [0.717, 1.165) is 21.8 Å². The van der Waals surface area contributed by atoms with Crippen LogP contribution >= 0.6 is 24.2 Å². The van der Waals surface area contributed by atoms with Crippen LogP contribution in [0.3, 0.4) is 0 Å². The summed E-state index contributed by atoms with van der Waals surface area (Å²) in [6.07, 6.45) is 0.174. The number of nitrogen functional groups attached to an aromatic ring is 1. The zero-order valence-electron chi connectivity index (χ0n) is 21.1. The van der Waals surface area contributed by atoms with Crippen molar-refractivity contribution in [3.8, 4) is 0 Å². The molecule has 0 unspecified atom stereocenters. The van der Waals surface area contributed by atoms with Crippen LogP contribution in [0.1, 0.15) is 48.9 Å². The number of halogens is 1. The molecular formula is C26H34ClN5O3S. The number of ether oxygens (including phenoxy) is 1. The van der Waals surface area contributed by atoms with Gasteiger partial charge in [0.15, 0.2) is 0 Å². The lowest BCUT2D eigenvalue weighted by atomic mass is 10.1. The smallest absolute Gasteiger partial charge is 0.307 e. The zero-order chi connectivity index (χ0) is 25.5. The number of amides is 1. The van der Waals surface area contributed by atoms with Crippen molar-refractivity contribution in [3.63, 3.8) is 0 Å². The van der Waals surface area contributed by atoms with Gasteiger partial charge in [0.2, 0.25) is 0 Å². The Morgan fingerprint density at radius 3 is 2.44 bits per heavy atom. The summed E-state index contributed by atoms with van der Waals surface area (Å²) in [7, 11) is 1.97. The summed E-state index contributed by atoms with van der Waals surface area (Å²) < 4.78 is 7.06. The number of carbonyl (C=O) groups is 2. The third-order valence-corrected chi connectivity index (χ3v) is 6.53. The van der Waals surface area contributed by atoms with E-state index in [4.69, 9.17) is 20.9 Å². The Morgan fingerprint density at radius 1 is 1.17 bits per heavy atom. The molecule has 10 heteroatoms. The Morgan fingerprint density at radius 2 is 1.83 bits per heavy atom. The lowest BCUT2D eigenvalue weighted by Gasteiger charge is -2.24. The van der Waals surface area contributed by atoms with E-state index in [9.17, 15) is 9.59 Å². The molecule has 8 nitrogen and oxygen atoms in total. The second-order valence-corrected chi connectivity index (χ2v) is 9.77. The van der Waals surface area contributed by atoms with Crippen LogP contribution in [0.2, 0.25) is 0 Å². The van der Waals surface area contributed by atoms with Gasteiger partial charge in [-0.05, 0) is 43.2 Å². The van der Waals surface area contributed by atoms with Crippen molar-refractivity contribution in [2.45, 2.75) is 37.8 Å². The molecule has 1 heterocycles. The van der Waals surface area contributed by atoms with Gasteiger partial charge in [0.25, 0.3) is 5.91 Å². The van der Waals surface area contributed by atoms with Gasteiger partial charge in [-0.15, -0.1) is 24.2 Å². The first kappa shape index (κ1) is 29.2. The number of imidazole rings is 1. The molecule has 0 fully saturated rings. The van der Waals surface area contributed by atoms with Crippen LogP contribution in [0.15, 0.2) is 47.4 Å². The van der Waals surface area contributed by atoms with E-state index in [2.05, 4.69) is 0 Å². The molecule has 0 aliphatic carbocycles. The molecule has 36 heavy (non-hydrogen) atoms. The first-order valence-corrected chi connectivity index (χ1v) is 12.7. The van der Waals surface area contributed by atoms with Gasteiger partial charge in [-0.3, -0.25) is 15.0 Å². The molecule has 0 saturated heterocycles. The molecule has 0 aliphatic rings. The maximum Gasteiger partial charge on any atom is 0.307 e. The number of aryl methyl sites for hydroxylation is 1. The molecule has 3 N–H and O–H groups in total. The SMILES string of the molecule is CCOC(=O)CCN(CC(C)C)C(=O)c1ccc2c(c1)nc(CSc1ccc(C(=N)N)cc1)n2C.Cl. The molecule has 0 bridgehead atoms. The number of nitrogens with one attached hydrogen (secondary N) is 1. The minimum Gasteiger partial charge on any atom is -0.466 e. The third kappa shape index (κ3) is 7.48. The van der Waals surface area contributed by atoms with Gasteiger partial charge in [0, 0.05) is 36.2 Å². The number of benzene rings is 2. The number of fused-ring (bicyclic) bond motifs is 1. The van der Waals surface area contributed by atoms with E-state index in [1.165, 1.54) is 0 Å². The van der Waals surface area contributed by atoms with Gasteiger partial charge in [0.1, 0.15) is 11.7 Å². The second kappa shape index (κ2) is 13.3. The number of hydrogen-bond acceptors (Lipinski definition) is 6. The number of esters is 1. The Bertz CT molecular complexity index is 1210. The van der Waals surface area contributed by atoms with Crippen molar-refractivity contribution in [3.05, 3.63) is 59.4 Å². The number of aromatic nitrogens is 2. The van der Waals surface area contributed by atoms with E-state index in [0.29, 0.717) is 36.6 Å². The predicted octanol–water partition coefficient (Wildman–Crippen LogP) is 4.62. The standard InChI is InChI=1S/C26H33N5O3S.ClH/c1-5-34-24(32)12-13-31(15-17(2)3)26(33)19-8-11-22-21(14-19)29-23(30(22)4)16-35-20-9-6-18(7-10-20)25(27)28;/h6-11,14,17H,5,12-13,15-16H2,1-4H3,(H3,27,28);1H. The van der Waals surface area contributed by atoms with E-state index in [1.54, 1.807) is 23.6 Å². The Balaban J connectivity index is 0.00000456. The third-order valence-electron chi connectivity index (χ3n) is 5.52. The molecule has 0 atom stereocenters. The molecule has 1 amide bonds. The van der Waals surface area contributed by atoms with Gasteiger partial charge >= 0.3 is 5.97 Å². The predicted molar refractivity (Wildman–Crippen MR) is 147 cm³/mol. The molecule has 1 aromatic heterocycles. The van der Waals surface area contributed by atoms with Crippen molar-refractivity contribution in [1.29, 1.82) is 5.41 Å². The molecule has 0 spiro atoms. The Labute approximate surface area is 222 Å². The molecule has 0 saturated carbocycles. The summed E-state index contributed by atoms with van der Waals surface area (Å²) in [5, 5.41) is 7.51. The topological polar surface area (TPSA) is 114 Å². The minimum absolute atomic E-state index is 0. The highest BCUT2D eigenvalue weighted by atomic mass is 35.5. The van der Waals surface area contributed by atoms with E-state index in [-0.39, 0.29) is 42.5 Å². The number of nitrogens with two attached hydrogens (primary N) is 1. The summed E-state index contributed by atoms with van der Waals surface area (Å²) in [4.78, 5) is 32.7. The van der Waals surface area contributed by atoms with Gasteiger partial charge in [0.05, 0.1) is 29.8 Å². The number of amidine groups is 1. The molecule has 0 aliphatic heterocycles. The highest BCUT2D eigenvalue weighted by Crippen LogP contribution is 2.25. The van der Waals surface area contributed by atoms with Crippen molar-refractivity contribution < 1.29 is 14.3 Å². The molecule has 3 rings (SSSR count). The Hall–Kier alpha value is -3.04. The summed E-state index contributed by atoms with van der Waals surface area (Å²) >= 11 is 1.65. The van der Waals surface area contributed by atoms with Crippen molar-refractivity contribution in [2.24, 2.45) is 18.7 Å². The van der Waals surface area contributed by atoms with E-state index >= 15 is 0 Å². The van der Waals surface area contributed by atoms with Crippen molar-refractivity contribution in [2.75, 3.05) is 19.7 Å². The zero-order valence-corrected chi connectivity index (χ0v) is 22.7. The highest BCUT2D eigenvalue weighted by Gasteiger charge is 2.20. The van der Waals surface area contributed by atoms with Crippen LogP contribution in [0.5, 0.6) is 0 Å². The number of thioether (sulfide) groups is 1. The summed E-state index contributed by atoms with van der Waals surface area (Å²) in [5.74, 6) is 1.46. The van der Waals surface area contributed by atoms with Crippen LogP contribution in [0.4, 0.5) is 0 Å². The molecule has 0 radical (unpaired) electrons. The average molecular weight is 532 g/mol. The normalized spacial score (nSPS) is 10.8. The lowest BCUT2D eigenvalue weighted by Crippen LogP contribution is -2.36. The fourth-order valence-corrected chi connectivity index (χ4v) is 4.63. The summed E-state index contributed by atoms with van der Waals surface area (Å²) in [5.41, 5.74) is 8.49. The second-order valence-electron chi connectivity index (χ2n) is 8.72. The molecule has 2 aromatic carbocycles. The van der Waals surface area contributed by atoms with Crippen LogP contribution in [-0.4, -0.2) is 51.9 Å². The van der Waals surface area contributed by atoms with Gasteiger partial charge in [-0.1, -0.05) is 26.0 Å². The quantitative estimate of drug-likeness (QED) is 0.161. The minimum atomic E-state index is -0.299. The highest BCUT2D eigenvalue weighted by molar-refractivity contribution is 7.98. The number of hydrogen-bond donors (Lipinski definition) is 2. The van der Waals surface area contributed by atoms with Gasteiger partial charge in [-0.2, -0.15) is 0 Å². The maximum atomic E-state index is 13.3. The van der Waals surface area contributed by atoms with Crippen LogP contribution < -0.4 is 5.73 Å². The first-order chi connectivity index (χ1) is 16.7. The fourth-order valence-electron chi connectivity index (χ4n) is 3.75. The number of rotatable bonds is 11. The van der Waals surface area contributed by atoms with Gasteiger partial charge < -0.3 is 19.9 Å². The number of nitrogens with zero attached hydrogens (tertiary/aromatic N) is 3. The average Bonchev–Trinajstić information content (AvgIpc) is 3.14. The first-order valence-electron chi connectivity index (χ1n) is 11.7. The largest absolute Gasteiger partial charge is 0.466 e. The van der Waals surface area contributed by atoms with Crippen LogP contribution in [-0.2, 0) is 22.3 Å². The van der Waals surface area contributed by atoms with Gasteiger partial charge in [-0.25, -0.2) is 4.98 Å². The summed E-state index contributed by atoms with van der Waals surface area (Å²) in [6, 6.07) is 13.1. The maximum absolute atomic E-state index is 13.3. The van der Waals surface area contributed by atoms with E-state index in [1.807, 2.05) is 67.9 Å².